The minimum Gasteiger partial charge on any atom is -0.508 e. The maximum absolute atomic E-state index is 12.3. The number of ether oxygens (including phenoxy) is 2. The molecule has 1 atom stereocenters. The van der Waals surface area contributed by atoms with E-state index < -0.39 is 0 Å². The maximum Gasteiger partial charge on any atom is 0.306 e. The highest BCUT2D eigenvalue weighted by atomic mass is 16.5. The molecule has 0 radical (unpaired) electrons. The van der Waals surface area contributed by atoms with Gasteiger partial charge >= 0.3 is 5.97 Å². The molecule has 0 amide bonds. The lowest BCUT2D eigenvalue weighted by molar-refractivity contribution is -0.146. The van der Waals surface area contributed by atoms with Crippen LogP contribution in [0, 0.1) is 0 Å². The molecule has 0 aromatic heterocycles. The van der Waals surface area contributed by atoms with Crippen LogP contribution in [-0.2, 0) is 22.6 Å². The zero-order valence-electron chi connectivity index (χ0n) is 17.7. The predicted molar refractivity (Wildman–Crippen MR) is 115 cm³/mol. The molecule has 1 fully saturated rings. The van der Waals surface area contributed by atoms with Gasteiger partial charge in [0.25, 0.3) is 0 Å². The summed E-state index contributed by atoms with van der Waals surface area (Å²) in [5.74, 6) is 2.27. The van der Waals surface area contributed by atoms with E-state index in [0.717, 1.165) is 35.3 Å². The first-order valence-electron chi connectivity index (χ1n) is 11.3. The van der Waals surface area contributed by atoms with Crippen molar-refractivity contribution in [2.24, 2.45) is 0 Å². The highest BCUT2D eigenvalue weighted by Gasteiger charge is 2.41. The fraction of sp³-hybridized carbons (Fsp3) is 0.500. The molecule has 30 heavy (non-hydrogen) atoms. The Bertz CT molecular complexity index is 943. The number of carbonyl (C=O) groups is 1. The molecule has 158 valence electrons. The number of phenolic OH excluding ortho intramolecular Hbond substituents is 1. The van der Waals surface area contributed by atoms with E-state index in [1.807, 2.05) is 36.4 Å². The monoisotopic (exact) mass is 406 g/mol. The molecular weight excluding hydrogens is 376 g/mol. The second-order valence-corrected chi connectivity index (χ2v) is 9.46. The Morgan fingerprint density at radius 3 is 2.57 bits per heavy atom. The number of aromatic hydroxyl groups is 1. The number of rotatable bonds is 5. The van der Waals surface area contributed by atoms with Crippen LogP contribution < -0.4 is 4.74 Å². The second kappa shape index (κ2) is 7.64. The number of benzene rings is 2. The molecule has 3 aliphatic carbocycles. The average Bonchev–Trinajstić information content (AvgIpc) is 2.78. The number of esters is 1. The zero-order chi connectivity index (χ0) is 20.7. The van der Waals surface area contributed by atoms with Gasteiger partial charge in [0.15, 0.2) is 0 Å². The highest BCUT2D eigenvalue weighted by Crippen LogP contribution is 2.57. The average molecular weight is 407 g/mol. The Morgan fingerprint density at radius 2 is 1.83 bits per heavy atom. The maximum atomic E-state index is 12.3. The predicted octanol–water partition coefficient (Wildman–Crippen LogP) is 5.75. The molecule has 1 aliphatic heterocycles. The lowest BCUT2D eigenvalue weighted by atomic mass is 9.65. The molecule has 2 aromatic carbocycles. The molecule has 2 bridgehead atoms. The van der Waals surface area contributed by atoms with Gasteiger partial charge in [-0.2, -0.15) is 0 Å². The van der Waals surface area contributed by atoms with E-state index in [0.29, 0.717) is 37.0 Å². The molecule has 0 spiro atoms. The summed E-state index contributed by atoms with van der Waals surface area (Å²) in [5, 5.41) is 10.7. The smallest absolute Gasteiger partial charge is 0.306 e. The molecule has 1 N–H and O–H groups in total. The van der Waals surface area contributed by atoms with Crippen molar-refractivity contribution in [2.45, 2.75) is 82.3 Å². The molecule has 6 rings (SSSR count). The minimum atomic E-state index is -0.375. The lowest BCUT2D eigenvalue weighted by Crippen LogP contribution is -2.38. The summed E-state index contributed by atoms with van der Waals surface area (Å²) in [4.78, 5) is 12.3. The van der Waals surface area contributed by atoms with E-state index in [1.54, 1.807) is 0 Å². The molecule has 1 unspecified atom stereocenters. The summed E-state index contributed by atoms with van der Waals surface area (Å²) in [6.45, 7) is 2.43. The second-order valence-electron chi connectivity index (χ2n) is 9.46. The van der Waals surface area contributed by atoms with Crippen LogP contribution >= 0.6 is 0 Å². The topological polar surface area (TPSA) is 55.8 Å². The van der Waals surface area contributed by atoms with Crippen molar-refractivity contribution in [3.8, 4) is 11.5 Å². The molecule has 4 nitrogen and oxygen atoms in total. The van der Waals surface area contributed by atoms with Gasteiger partial charge in [-0.3, -0.25) is 4.79 Å². The van der Waals surface area contributed by atoms with E-state index in [1.165, 1.54) is 31.2 Å². The van der Waals surface area contributed by atoms with E-state index in [9.17, 15) is 9.90 Å². The Hall–Kier alpha value is -2.49. The molecule has 1 heterocycles. The van der Waals surface area contributed by atoms with Crippen LogP contribution in [0.5, 0.6) is 11.5 Å². The fourth-order valence-corrected chi connectivity index (χ4v) is 5.60. The summed E-state index contributed by atoms with van der Waals surface area (Å²) < 4.78 is 12.1. The fourth-order valence-electron chi connectivity index (χ4n) is 5.60. The van der Waals surface area contributed by atoms with Crippen molar-refractivity contribution in [2.75, 3.05) is 0 Å². The molecule has 0 saturated heterocycles. The summed E-state index contributed by atoms with van der Waals surface area (Å²) in [6, 6.07) is 11.7. The first kappa shape index (κ1) is 19.5. The van der Waals surface area contributed by atoms with Crippen LogP contribution in [0.1, 0.15) is 86.0 Å². The van der Waals surface area contributed by atoms with Crippen LogP contribution in [0.3, 0.4) is 0 Å². The van der Waals surface area contributed by atoms with E-state index in [2.05, 4.69) is 6.92 Å². The van der Waals surface area contributed by atoms with Gasteiger partial charge in [0.1, 0.15) is 23.7 Å². The Morgan fingerprint density at radius 1 is 1.13 bits per heavy atom. The van der Waals surface area contributed by atoms with Crippen molar-refractivity contribution >= 4 is 5.97 Å². The van der Waals surface area contributed by atoms with Gasteiger partial charge in [-0.05, 0) is 80.9 Å². The summed E-state index contributed by atoms with van der Waals surface area (Å²) >= 11 is 0. The lowest BCUT2D eigenvalue weighted by Gasteiger charge is -2.44. The van der Waals surface area contributed by atoms with Gasteiger partial charge in [0.05, 0.1) is 0 Å². The van der Waals surface area contributed by atoms with Crippen LogP contribution in [-0.4, -0.2) is 16.7 Å². The normalized spacial score (nSPS) is 26.4. The van der Waals surface area contributed by atoms with Crippen LogP contribution in [0.4, 0.5) is 0 Å². The summed E-state index contributed by atoms with van der Waals surface area (Å²) in [6.07, 6.45) is 7.46. The van der Waals surface area contributed by atoms with Crippen LogP contribution in [0.25, 0.3) is 0 Å². The standard InChI is InChI=1S/C26H30O4/c1-26(14-12-22(28)29-16-17-5-3-2-4-6-17)13-11-20-15-21(27)23-18-7-9-19(10-8-18)24(23)25(20)30-26/h2-6,15,18-19,27H,7-14,16H2,1H3. The van der Waals surface area contributed by atoms with Gasteiger partial charge in [-0.15, -0.1) is 0 Å². The van der Waals surface area contributed by atoms with E-state index in [-0.39, 0.29) is 11.6 Å². The zero-order valence-corrected chi connectivity index (χ0v) is 17.7. The van der Waals surface area contributed by atoms with Crippen molar-refractivity contribution < 1.29 is 19.4 Å². The summed E-state index contributed by atoms with van der Waals surface area (Å²) in [5.41, 5.74) is 4.16. The van der Waals surface area contributed by atoms with Crippen molar-refractivity contribution in [1.29, 1.82) is 0 Å². The first-order valence-corrected chi connectivity index (χ1v) is 11.3. The number of phenols is 1. The van der Waals surface area contributed by atoms with E-state index in [4.69, 9.17) is 9.47 Å². The van der Waals surface area contributed by atoms with Gasteiger partial charge < -0.3 is 14.6 Å². The quantitative estimate of drug-likeness (QED) is 0.642. The number of hydrogen-bond donors (Lipinski definition) is 1. The third-order valence-corrected chi connectivity index (χ3v) is 7.33. The van der Waals surface area contributed by atoms with Gasteiger partial charge in [0.2, 0.25) is 0 Å². The molecular formula is C26H30O4. The largest absolute Gasteiger partial charge is 0.508 e. The number of fused-ring (bicyclic) bond motifs is 3. The first-order chi connectivity index (χ1) is 14.5. The van der Waals surface area contributed by atoms with Crippen molar-refractivity contribution in [3.63, 3.8) is 0 Å². The van der Waals surface area contributed by atoms with Crippen molar-refractivity contribution in [1.82, 2.24) is 0 Å². The molecule has 1 saturated carbocycles. The molecule has 4 heteroatoms. The van der Waals surface area contributed by atoms with Gasteiger partial charge in [-0.25, -0.2) is 0 Å². The number of carbonyl (C=O) groups excluding carboxylic acids is 1. The minimum absolute atomic E-state index is 0.179. The molecule has 4 aliphatic rings. The Kier molecular flexibility index (Phi) is 4.96. The number of aryl methyl sites for hydroxylation is 1. The number of hydrogen-bond acceptors (Lipinski definition) is 4. The highest BCUT2D eigenvalue weighted by molar-refractivity contribution is 5.69. The van der Waals surface area contributed by atoms with Gasteiger partial charge in [-0.1, -0.05) is 30.3 Å². The van der Waals surface area contributed by atoms with Gasteiger partial charge in [0, 0.05) is 17.5 Å². The van der Waals surface area contributed by atoms with Crippen LogP contribution in [0.15, 0.2) is 36.4 Å². The van der Waals surface area contributed by atoms with E-state index >= 15 is 0 Å². The SMILES string of the molecule is CC1(CCC(=O)OCc2ccccc2)CCc2cc(O)c3c(c2O1)C1CCC3CC1. The van der Waals surface area contributed by atoms with Crippen LogP contribution in [0.2, 0.25) is 0 Å². The Balaban J connectivity index is 1.28. The third-order valence-electron chi connectivity index (χ3n) is 7.33. The Labute approximate surface area is 178 Å². The third kappa shape index (κ3) is 3.57. The molecule has 2 aromatic rings. The summed E-state index contributed by atoms with van der Waals surface area (Å²) in [7, 11) is 0. The van der Waals surface area contributed by atoms with Crippen molar-refractivity contribution in [3.05, 3.63) is 58.7 Å².